The quantitative estimate of drug-likeness (QED) is 0.778. The van der Waals surface area contributed by atoms with Gasteiger partial charge in [-0.05, 0) is 38.5 Å². The van der Waals surface area contributed by atoms with Crippen LogP contribution in [0.15, 0.2) is 6.07 Å². The van der Waals surface area contributed by atoms with Crippen molar-refractivity contribution in [3.8, 4) is 0 Å². The Labute approximate surface area is 130 Å². The van der Waals surface area contributed by atoms with Crippen LogP contribution in [0.25, 0.3) is 5.65 Å². The van der Waals surface area contributed by atoms with Gasteiger partial charge in [-0.2, -0.15) is 0 Å². The number of rotatable bonds is 4. The number of aromatic nitrogens is 4. The third kappa shape index (κ3) is 3.05. The van der Waals surface area contributed by atoms with E-state index < -0.39 is 0 Å². The monoisotopic (exact) mass is 306 g/mol. The molecule has 0 aliphatic heterocycles. The molecular formula is C16H23ClN4. The van der Waals surface area contributed by atoms with Gasteiger partial charge in [-0.1, -0.05) is 37.8 Å². The van der Waals surface area contributed by atoms with Crippen molar-refractivity contribution in [2.24, 2.45) is 5.92 Å². The van der Waals surface area contributed by atoms with E-state index >= 15 is 0 Å². The molecule has 0 bridgehead atoms. The fourth-order valence-corrected chi connectivity index (χ4v) is 3.76. The van der Waals surface area contributed by atoms with Crippen LogP contribution in [0.3, 0.4) is 0 Å². The summed E-state index contributed by atoms with van der Waals surface area (Å²) in [5.74, 6) is 3.37. The summed E-state index contributed by atoms with van der Waals surface area (Å²) in [4.78, 5) is 4.33. The second-order valence-corrected chi connectivity index (χ2v) is 6.63. The fraction of sp³-hybridized carbons (Fsp3) is 0.688. The van der Waals surface area contributed by atoms with Crippen molar-refractivity contribution in [2.75, 3.05) is 0 Å². The molecule has 0 unspecified atom stereocenters. The van der Waals surface area contributed by atoms with Gasteiger partial charge in [0.25, 0.3) is 0 Å². The first kappa shape index (κ1) is 14.8. The average Bonchev–Trinajstić information content (AvgIpc) is 2.89. The number of halogens is 1. The van der Waals surface area contributed by atoms with Crippen LogP contribution in [0.1, 0.15) is 69.4 Å². The van der Waals surface area contributed by atoms with Crippen LogP contribution in [-0.4, -0.2) is 19.6 Å². The summed E-state index contributed by atoms with van der Waals surface area (Å²) in [6.45, 7) is 4.24. The minimum Gasteiger partial charge on any atom is -0.266 e. The van der Waals surface area contributed by atoms with Crippen molar-refractivity contribution >= 4 is 17.2 Å². The molecule has 0 N–H and O–H groups in total. The van der Waals surface area contributed by atoms with Crippen molar-refractivity contribution in [3.63, 3.8) is 0 Å². The Bertz CT molecular complexity index is 614. The zero-order valence-corrected chi connectivity index (χ0v) is 13.6. The highest BCUT2D eigenvalue weighted by molar-refractivity contribution is 6.29. The lowest BCUT2D eigenvalue weighted by molar-refractivity contribution is 0.297. The first-order chi connectivity index (χ1) is 10.2. The van der Waals surface area contributed by atoms with Gasteiger partial charge in [-0.25, -0.2) is 4.98 Å². The van der Waals surface area contributed by atoms with Gasteiger partial charge in [0, 0.05) is 12.0 Å². The molecule has 21 heavy (non-hydrogen) atoms. The van der Waals surface area contributed by atoms with E-state index in [0.29, 0.717) is 11.1 Å². The fourth-order valence-electron chi connectivity index (χ4n) is 3.54. The average molecular weight is 307 g/mol. The summed E-state index contributed by atoms with van der Waals surface area (Å²) < 4.78 is 2.07. The van der Waals surface area contributed by atoms with Crippen LogP contribution in [0.2, 0.25) is 5.15 Å². The van der Waals surface area contributed by atoms with Crippen LogP contribution >= 0.6 is 11.6 Å². The molecule has 0 saturated heterocycles. The summed E-state index contributed by atoms with van der Waals surface area (Å²) >= 11 is 5.99. The Morgan fingerprint density at radius 2 is 2.00 bits per heavy atom. The van der Waals surface area contributed by atoms with Gasteiger partial charge in [-0.15, -0.1) is 10.2 Å². The van der Waals surface area contributed by atoms with E-state index in [1.54, 1.807) is 6.07 Å². The highest BCUT2D eigenvalue weighted by Crippen LogP contribution is 2.37. The van der Waals surface area contributed by atoms with E-state index in [0.717, 1.165) is 23.2 Å². The number of unbranched alkanes of at least 4 members (excludes halogenated alkanes) is 1. The molecule has 5 heteroatoms. The Kier molecular flexibility index (Phi) is 4.43. The summed E-state index contributed by atoms with van der Waals surface area (Å²) in [7, 11) is 0. The zero-order valence-electron chi connectivity index (χ0n) is 12.8. The normalized spacial score (nSPS) is 22.8. The minimum absolute atomic E-state index is 0.488. The van der Waals surface area contributed by atoms with E-state index in [4.69, 9.17) is 11.6 Å². The predicted molar refractivity (Wildman–Crippen MR) is 84.8 cm³/mol. The summed E-state index contributed by atoms with van der Waals surface area (Å²) in [6.07, 6.45) is 9.14. The largest absolute Gasteiger partial charge is 0.266 e. The van der Waals surface area contributed by atoms with E-state index in [1.165, 1.54) is 44.9 Å². The second-order valence-electron chi connectivity index (χ2n) is 6.24. The van der Waals surface area contributed by atoms with E-state index in [2.05, 4.69) is 26.5 Å². The highest BCUT2D eigenvalue weighted by Gasteiger charge is 2.26. The maximum atomic E-state index is 5.99. The molecule has 1 aliphatic carbocycles. The molecule has 1 aliphatic rings. The second kappa shape index (κ2) is 6.30. The molecule has 2 heterocycles. The number of hydrogen-bond donors (Lipinski definition) is 0. The summed E-state index contributed by atoms with van der Waals surface area (Å²) in [6, 6.07) is 1.79. The molecule has 4 nitrogen and oxygen atoms in total. The standard InChI is InChI=1S/C16H23ClN4/c1-3-4-5-12-6-8-13(9-7-12)16-20-19-15-10-14(17)18-11(2)21(15)16/h10,12-13H,3-9H2,1-2H3. The molecule has 114 valence electrons. The molecule has 0 aromatic carbocycles. The van der Waals surface area contributed by atoms with Crippen molar-refractivity contribution in [3.05, 3.63) is 22.9 Å². The van der Waals surface area contributed by atoms with Crippen LogP contribution in [-0.2, 0) is 0 Å². The van der Waals surface area contributed by atoms with Crippen LogP contribution < -0.4 is 0 Å². The number of nitrogens with zero attached hydrogens (tertiary/aromatic N) is 4. The molecule has 1 fully saturated rings. The van der Waals surface area contributed by atoms with Gasteiger partial charge < -0.3 is 0 Å². The molecular weight excluding hydrogens is 284 g/mol. The Morgan fingerprint density at radius 1 is 1.24 bits per heavy atom. The minimum atomic E-state index is 0.488. The molecule has 0 radical (unpaired) electrons. The molecule has 2 aromatic rings. The lowest BCUT2D eigenvalue weighted by Crippen LogP contribution is -2.16. The molecule has 0 atom stereocenters. The molecule has 0 spiro atoms. The van der Waals surface area contributed by atoms with Crippen molar-refractivity contribution in [2.45, 2.75) is 64.7 Å². The Balaban J connectivity index is 1.77. The van der Waals surface area contributed by atoms with Crippen LogP contribution in [0, 0.1) is 12.8 Å². The van der Waals surface area contributed by atoms with Gasteiger partial charge in [-0.3, -0.25) is 4.40 Å². The number of hydrogen-bond acceptors (Lipinski definition) is 3. The van der Waals surface area contributed by atoms with Gasteiger partial charge in [0.05, 0.1) is 0 Å². The number of aryl methyl sites for hydroxylation is 1. The zero-order chi connectivity index (χ0) is 14.8. The predicted octanol–water partition coefficient (Wildman–Crippen LogP) is 4.55. The highest BCUT2D eigenvalue weighted by atomic mass is 35.5. The summed E-state index contributed by atoms with van der Waals surface area (Å²) in [5.41, 5.74) is 0.815. The molecule has 2 aromatic heterocycles. The topological polar surface area (TPSA) is 43.1 Å². The lowest BCUT2D eigenvalue weighted by atomic mass is 9.79. The number of fused-ring (bicyclic) bond motifs is 1. The van der Waals surface area contributed by atoms with Crippen LogP contribution in [0.4, 0.5) is 0 Å². The molecule has 0 amide bonds. The smallest absolute Gasteiger partial charge is 0.165 e. The molecule has 3 rings (SSSR count). The van der Waals surface area contributed by atoms with Gasteiger partial charge in [0.1, 0.15) is 16.8 Å². The van der Waals surface area contributed by atoms with Crippen LogP contribution in [0.5, 0.6) is 0 Å². The first-order valence-electron chi connectivity index (χ1n) is 8.07. The molecule has 1 saturated carbocycles. The summed E-state index contributed by atoms with van der Waals surface area (Å²) in [5, 5.41) is 9.18. The lowest BCUT2D eigenvalue weighted by Gasteiger charge is -2.27. The third-order valence-electron chi connectivity index (χ3n) is 4.73. The van der Waals surface area contributed by atoms with E-state index in [9.17, 15) is 0 Å². The Morgan fingerprint density at radius 3 is 2.71 bits per heavy atom. The van der Waals surface area contributed by atoms with Crippen molar-refractivity contribution in [1.82, 2.24) is 19.6 Å². The first-order valence-corrected chi connectivity index (χ1v) is 8.45. The third-order valence-corrected chi connectivity index (χ3v) is 4.92. The van der Waals surface area contributed by atoms with Gasteiger partial charge >= 0.3 is 0 Å². The SMILES string of the molecule is CCCCC1CCC(c2nnc3cc(Cl)nc(C)n23)CC1. The Hall–Kier alpha value is -1.16. The van der Waals surface area contributed by atoms with E-state index in [-0.39, 0.29) is 0 Å². The maximum absolute atomic E-state index is 5.99. The van der Waals surface area contributed by atoms with Crippen molar-refractivity contribution < 1.29 is 0 Å². The van der Waals surface area contributed by atoms with E-state index in [1.807, 2.05) is 6.92 Å². The maximum Gasteiger partial charge on any atom is 0.165 e. The van der Waals surface area contributed by atoms with Gasteiger partial charge in [0.15, 0.2) is 5.65 Å². The van der Waals surface area contributed by atoms with Crippen molar-refractivity contribution in [1.29, 1.82) is 0 Å². The van der Waals surface area contributed by atoms with Gasteiger partial charge in [0.2, 0.25) is 0 Å².